The van der Waals surface area contributed by atoms with E-state index in [4.69, 9.17) is 0 Å². The maximum Gasteiger partial charge on any atom is 0.251 e. The molecular weight excluding hydrogens is 190 g/mol. The Hall–Kier alpha value is -1.35. The largest absolute Gasteiger partial charge is 0.391 e. The van der Waals surface area contributed by atoms with Crippen molar-refractivity contribution in [2.24, 2.45) is 0 Å². The van der Waals surface area contributed by atoms with E-state index in [-0.39, 0.29) is 11.9 Å². The van der Waals surface area contributed by atoms with Crippen molar-refractivity contribution in [3.8, 4) is 0 Å². The molecule has 1 aromatic rings. The first-order valence-corrected chi connectivity index (χ1v) is 5.07. The van der Waals surface area contributed by atoms with Gasteiger partial charge in [0.1, 0.15) is 0 Å². The van der Waals surface area contributed by atoms with Gasteiger partial charge in [-0.15, -0.1) is 0 Å². The molecule has 0 saturated carbocycles. The van der Waals surface area contributed by atoms with Crippen LogP contribution in [0.1, 0.15) is 29.8 Å². The number of hydrogen-bond acceptors (Lipinski definition) is 2. The van der Waals surface area contributed by atoms with Crippen LogP contribution in [0.5, 0.6) is 0 Å². The summed E-state index contributed by atoms with van der Waals surface area (Å²) in [6, 6.07) is 7.15. The zero-order chi connectivity index (χ0) is 11.4. The van der Waals surface area contributed by atoms with Crippen molar-refractivity contribution in [2.75, 3.05) is 0 Å². The Bertz CT molecular complexity index is 347. The van der Waals surface area contributed by atoms with E-state index in [1.54, 1.807) is 19.9 Å². The molecule has 2 atom stereocenters. The van der Waals surface area contributed by atoms with E-state index >= 15 is 0 Å². The van der Waals surface area contributed by atoms with Crippen LogP contribution in [0.3, 0.4) is 0 Å². The highest BCUT2D eigenvalue weighted by Crippen LogP contribution is 2.07. The second-order valence-electron chi connectivity index (χ2n) is 3.82. The smallest absolute Gasteiger partial charge is 0.251 e. The van der Waals surface area contributed by atoms with E-state index in [0.29, 0.717) is 5.56 Å². The van der Waals surface area contributed by atoms with Crippen LogP contribution in [0, 0.1) is 6.92 Å². The molecule has 0 spiro atoms. The lowest BCUT2D eigenvalue weighted by Gasteiger charge is -2.17. The Labute approximate surface area is 90.1 Å². The number of aliphatic hydroxyl groups is 1. The van der Waals surface area contributed by atoms with Gasteiger partial charge in [0, 0.05) is 5.56 Å². The lowest BCUT2D eigenvalue weighted by atomic mass is 10.1. The van der Waals surface area contributed by atoms with Gasteiger partial charge in [0.05, 0.1) is 12.1 Å². The summed E-state index contributed by atoms with van der Waals surface area (Å²) in [5.41, 5.74) is 1.60. The first-order chi connectivity index (χ1) is 7.02. The van der Waals surface area contributed by atoms with Gasteiger partial charge in [-0.25, -0.2) is 0 Å². The minimum Gasteiger partial charge on any atom is -0.391 e. The molecule has 0 aliphatic carbocycles. The number of carbonyl (C=O) groups excluding carboxylic acids is 1. The molecule has 15 heavy (non-hydrogen) atoms. The fourth-order valence-electron chi connectivity index (χ4n) is 1.23. The Morgan fingerprint density at radius 2 is 1.93 bits per heavy atom. The van der Waals surface area contributed by atoms with E-state index < -0.39 is 6.10 Å². The monoisotopic (exact) mass is 207 g/mol. The summed E-state index contributed by atoms with van der Waals surface area (Å²) in [6.45, 7) is 5.32. The molecule has 1 amide bonds. The molecule has 0 saturated heterocycles. The van der Waals surface area contributed by atoms with Crippen molar-refractivity contribution < 1.29 is 9.90 Å². The van der Waals surface area contributed by atoms with E-state index in [1.165, 1.54) is 0 Å². The SMILES string of the molecule is Cc1ccccc1C(=O)NC(C)C(C)O. The molecule has 0 aliphatic rings. The fourth-order valence-corrected chi connectivity index (χ4v) is 1.23. The average Bonchev–Trinajstić information content (AvgIpc) is 2.18. The highest BCUT2D eigenvalue weighted by Gasteiger charge is 2.14. The van der Waals surface area contributed by atoms with Gasteiger partial charge in [0.15, 0.2) is 0 Å². The van der Waals surface area contributed by atoms with Crippen LogP contribution in [0.15, 0.2) is 24.3 Å². The minimum atomic E-state index is -0.544. The molecule has 2 N–H and O–H groups in total. The zero-order valence-corrected chi connectivity index (χ0v) is 9.32. The van der Waals surface area contributed by atoms with Crippen molar-refractivity contribution in [3.63, 3.8) is 0 Å². The molecule has 3 nitrogen and oxygen atoms in total. The molecular formula is C12H17NO2. The maximum atomic E-state index is 11.8. The number of hydrogen-bond donors (Lipinski definition) is 2. The van der Waals surface area contributed by atoms with Gasteiger partial charge in [-0.05, 0) is 32.4 Å². The van der Waals surface area contributed by atoms with E-state index in [2.05, 4.69) is 5.32 Å². The second-order valence-corrected chi connectivity index (χ2v) is 3.82. The predicted molar refractivity (Wildman–Crippen MR) is 59.8 cm³/mol. The Kier molecular flexibility index (Phi) is 3.86. The lowest BCUT2D eigenvalue weighted by molar-refractivity contribution is 0.0873. The summed E-state index contributed by atoms with van der Waals surface area (Å²) >= 11 is 0. The molecule has 3 heteroatoms. The third-order valence-corrected chi connectivity index (χ3v) is 2.47. The standard InChI is InChI=1S/C12H17NO2/c1-8-6-4-5-7-11(8)12(15)13-9(2)10(3)14/h4-7,9-10,14H,1-3H3,(H,13,15). The maximum absolute atomic E-state index is 11.8. The van der Waals surface area contributed by atoms with Crippen LogP contribution in [0.4, 0.5) is 0 Å². The zero-order valence-electron chi connectivity index (χ0n) is 9.32. The third kappa shape index (κ3) is 3.06. The number of rotatable bonds is 3. The molecule has 0 fully saturated rings. The summed E-state index contributed by atoms with van der Waals surface area (Å²) in [5, 5.41) is 12.0. The fraction of sp³-hybridized carbons (Fsp3) is 0.417. The summed E-state index contributed by atoms with van der Waals surface area (Å²) in [5.74, 6) is -0.137. The second kappa shape index (κ2) is 4.94. The predicted octanol–water partition coefficient (Wildman–Crippen LogP) is 1.49. The first kappa shape index (κ1) is 11.7. The van der Waals surface area contributed by atoms with Crippen LogP contribution in [0.2, 0.25) is 0 Å². The number of nitrogens with one attached hydrogen (secondary N) is 1. The lowest BCUT2D eigenvalue weighted by Crippen LogP contribution is -2.39. The molecule has 1 aromatic carbocycles. The van der Waals surface area contributed by atoms with Gasteiger partial charge in [0.25, 0.3) is 5.91 Å². The van der Waals surface area contributed by atoms with Crippen molar-refractivity contribution in [1.82, 2.24) is 5.32 Å². The van der Waals surface area contributed by atoms with Crippen LogP contribution < -0.4 is 5.32 Å². The van der Waals surface area contributed by atoms with E-state index in [1.807, 2.05) is 25.1 Å². The van der Waals surface area contributed by atoms with Crippen LogP contribution >= 0.6 is 0 Å². The molecule has 0 heterocycles. The highest BCUT2D eigenvalue weighted by atomic mass is 16.3. The number of aryl methyl sites for hydroxylation is 1. The molecule has 82 valence electrons. The van der Waals surface area contributed by atoms with Crippen LogP contribution in [-0.2, 0) is 0 Å². The van der Waals surface area contributed by atoms with Crippen molar-refractivity contribution in [3.05, 3.63) is 35.4 Å². The third-order valence-electron chi connectivity index (χ3n) is 2.47. The van der Waals surface area contributed by atoms with Crippen molar-refractivity contribution >= 4 is 5.91 Å². The average molecular weight is 207 g/mol. The highest BCUT2D eigenvalue weighted by molar-refractivity contribution is 5.95. The van der Waals surface area contributed by atoms with Crippen LogP contribution in [-0.4, -0.2) is 23.2 Å². The molecule has 1 rings (SSSR count). The molecule has 0 aliphatic heterocycles. The molecule has 0 aromatic heterocycles. The van der Waals surface area contributed by atoms with Gasteiger partial charge < -0.3 is 10.4 Å². The first-order valence-electron chi connectivity index (χ1n) is 5.07. The van der Waals surface area contributed by atoms with Crippen molar-refractivity contribution in [1.29, 1.82) is 0 Å². The van der Waals surface area contributed by atoms with Gasteiger partial charge in [-0.2, -0.15) is 0 Å². The Morgan fingerprint density at radius 1 is 1.33 bits per heavy atom. The van der Waals surface area contributed by atoms with Gasteiger partial charge >= 0.3 is 0 Å². The summed E-state index contributed by atoms with van der Waals surface area (Å²) in [7, 11) is 0. The summed E-state index contributed by atoms with van der Waals surface area (Å²) in [6.07, 6.45) is -0.544. The molecule has 2 unspecified atom stereocenters. The summed E-state index contributed by atoms with van der Waals surface area (Å²) in [4.78, 5) is 11.8. The van der Waals surface area contributed by atoms with Crippen molar-refractivity contribution in [2.45, 2.75) is 32.9 Å². The van der Waals surface area contributed by atoms with Crippen LogP contribution in [0.25, 0.3) is 0 Å². The number of benzene rings is 1. The Balaban J connectivity index is 2.74. The van der Waals surface area contributed by atoms with Gasteiger partial charge in [0.2, 0.25) is 0 Å². The number of aliphatic hydroxyl groups excluding tert-OH is 1. The van der Waals surface area contributed by atoms with Gasteiger partial charge in [-0.1, -0.05) is 18.2 Å². The molecule has 0 bridgehead atoms. The van der Waals surface area contributed by atoms with E-state index in [9.17, 15) is 9.90 Å². The topological polar surface area (TPSA) is 49.3 Å². The number of amides is 1. The minimum absolute atomic E-state index is 0.137. The molecule has 0 radical (unpaired) electrons. The summed E-state index contributed by atoms with van der Waals surface area (Å²) < 4.78 is 0. The van der Waals surface area contributed by atoms with Gasteiger partial charge in [-0.3, -0.25) is 4.79 Å². The quantitative estimate of drug-likeness (QED) is 0.789. The number of carbonyl (C=O) groups is 1. The Morgan fingerprint density at radius 3 is 2.47 bits per heavy atom. The van der Waals surface area contributed by atoms with E-state index in [0.717, 1.165) is 5.56 Å². The normalized spacial score (nSPS) is 14.4.